The van der Waals surface area contributed by atoms with Crippen LogP contribution in [0.5, 0.6) is 0 Å². The van der Waals surface area contributed by atoms with Gasteiger partial charge in [0.25, 0.3) is 0 Å². The summed E-state index contributed by atoms with van der Waals surface area (Å²) >= 11 is 6.05. The molecule has 0 unspecified atom stereocenters. The second kappa shape index (κ2) is 7.05. The van der Waals surface area contributed by atoms with Crippen LogP contribution in [-0.2, 0) is 6.54 Å². The molecule has 1 saturated heterocycles. The maximum Gasteiger partial charge on any atom is 0.129 e. The van der Waals surface area contributed by atoms with Gasteiger partial charge in [0.05, 0.1) is 0 Å². The van der Waals surface area contributed by atoms with Crippen molar-refractivity contribution in [3.63, 3.8) is 0 Å². The molecule has 0 aliphatic carbocycles. The van der Waals surface area contributed by atoms with E-state index in [1.165, 1.54) is 6.07 Å². The van der Waals surface area contributed by atoms with Crippen molar-refractivity contribution in [2.75, 3.05) is 39.8 Å². The molecule has 5 heteroatoms. The number of nitrogens with one attached hydrogen (secondary N) is 1. The molecule has 1 heterocycles. The van der Waals surface area contributed by atoms with E-state index in [4.69, 9.17) is 11.6 Å². The summed E-state index contributed by atoms with van der Waals surface area (Å²) in [6, 6.07) is 4.82. The lowest BCUT2D eigenvalue weighted by Crippen LogP contribution is -2.57. The molecule has 0 aromatic heterocycles. The maximum absolute atomic E-state index is 13.7. The van der Waals surface area contributed by atoms with E-state index < -0.39 is 0 Å². The monoisotopic (exact) mass is 313 g/mol. The van der Waals surface area contributed by atoms with Crippen molar-refractivity contribution in [3.05, 3.63) is 34.6 Å². The van der Waals surface area contributed by atoms with Crippen LogP contribution in [0.2, 0.25) is 5.02 Å². The molecule has 0 atom stereocenters. The zero-order valence-electron chi connectivity index (χ0n) is 13.1. The van der Waals surface area contributed by atoms with Gasteiger partial charge in [0, 0.05) is 55.4 Å². The number of nitrogens with zero attached hydrogens (tertiary/aromatic N) is 2. The minimum Gasteiger partial charge on any atom is -0.311 e. The maximum atomic E-state index is 13.7. The Hall–Kier alpha value is -0.680. The second-order valence-corrected chi connectivity index (χ2v) is 6.81. The molecule has 1 aliphatic heterocycles. The van der Waals surface area contributed by atoms with E-state index in [2.05, 4.69) is 36.0 Å². The molecule has 2 rings (SSSR count). The lowest BCUT2D eigenvalue weighted by molar-refractivity contribution is 0.0617. The van der Waals surface area contributed by atoms with E-state index in [0.29, 0.717) is 17.1 Å². The number of piperazine rings is 1. The molecule has 21 heavy (non-hydrogen) atoms. The first-order valence-corrected chi connectivity index (χ1v) is 7.85. The average molecular weight is 314 g/mol. The van der Waals surface area contributed by atoms with E-state index in [9.17, 15) is 4.39 Å². The van der Waals surface area contributed by atoms with Crippen molar-refractivity contribution >= 4 is 11.6 Å². The summed E-state index contributed by atoms with van der Waals surface area (Å²) in [5.41, 5.74) is 0.604. The van der Waals surface area contributed by atoms with Crippen molar-refractivity contribution in [3.8, 4) is 0 Å². The Morgan fingerprint density at radius 3 is 2.52 bits per heavy atom. The van der Waals surface area contributed by atoms with Crippen molar-refractivity contribution in [1.82, 2.24) is 15.1 Å². The standard InChI is InChI=1S/C16H25ClFN3/c1-16(2,21-9-7-20(3)8-10-21)12-19-11-13-14(17)5-4-6-15(13)18/h4-6,19H,7-12H2,1-3H3. The molecule has 1 aromatic carbocycles. The fourth-order valence-corrected chi connectivity index (χ4v) is 2.95. The van der Waals surface area contributed by atoms with Gasteiger partial charge in [-0.1, -0.05) is 17.7 Å². The summed E-state index contributed by atoms with van der Waals surface area (Å²) < 4.78 is 13.7. The molecule has 0 amide bonds. The van der Waals surface area contributed by atoms with Gasteiger partial charge in [-0.2, -0.15) is 0 Å². The minimum atomic E-state index is -0.243. The van der Waals surface area contributed by atoms with Crippen LogP contribution in [0.25, 0.3) is 0 Å². The highest BCUT2D eigenvalue weighted by Gasteiger charge is 2.28. The second-order valence-electron chi connectivity index (χ2n) is 6.41. The first-order chi connectivity index (χ1) is 9.90. The van der Waals surface area contributed by atoms with Gasteiger partial charge in [0.15, 0.2) is 0 Å². The Labute approximate surface area is 132 Å². The summed E-state index contributed by atoms with van der Waals surface area (Å²) in [4.78, 5) is 4.84. The van der Waals surface area contributed by atoms with Crippen LogP contribution in [0.1, 0.15) is 19.4 Å². The fourth-order valence-electron chi connectivity index (χ4n) is 2.72. The summed E-state index contributed by atoms with van der Waals surface area (Å²) in [5.74, 6) is -0.243. The molecule has 3 nitrogen and oxygen atoms in total. The van der Waals surface area contributed by atoms with Gasteiger partial charge in [0.2, 0.25) is 0 Å². The van der Waals surface area contributed by atoms with E-state index in [0.717, 1.165) is 32.7 Å². The average Bonchev–Trinajstić information content (AvgIpc) is 2.42. The van der Waals surface area contributed by atoms with Crippen molar-refractivity contribution < 1.29 is 4.39 Å². The van der Waals surface area contributed by atoms with E-state index in [1.54, 1.807) is 12.1 Å². The quantitative estimate of drug-likeness (QED) is 0.901. The number of rotatable bonds is 5. The van der Waals surface area contributed by atoms with Gasteiger partial charge < -0.3 is 10.2 Å². The predicted molar refractivity (Wildman–Crippen MR) is 86.3 cm³/mol. The van der Waals surface area contributed by atoms with Gasteiger partial charge in [-0.05, 0) is 33.0 Å². The molecule has 0 bridgehead atoms. The molecular formula is C16H25ClFN3. The Balaban J connectivity index is 1.87. The van der Waals surface area contributed by atoms with Crippen LogP contribution in [0.3, 0.4) is 0 Å². The number of likely N-dealkylation sites (N-methyl/N-ethyl adjacent to an activating group) is 1. The van der Waals surface area contributed by atoms with Crippen LogP contribution in [0.4, 0.5) is 4.39 Å². The Kier molecular flexibility index (Phi) is 5.60. The zero-order chi connectivity index (χ0) is 15.5. The van der Waals surface area contributed by atoms with Crippen LogP contribution >= 0.6 is 11.6 Å². The lowest BCUT2D eigenvalue weighted by Gasteiger charge is -2.43. The Morgan fingerprint density at radius 1 is 1.24 bits per heavy atom. The van der Waals surface area contributed by atoms with Gasteiger partial charge in [-0.25, -0.2) is 4.39 Å². The first kappa shape index (κ1) is 16.7. The van der Waals surface area contributed by atoms with Crippen LogP contribution in [0, 0.1) is 5.82 Å². The van der Waals surface area contributed by atoms with Gasteiger partial charge in [0.1, 0.15) is 5.82 Å². The molecular weight excluding hydrogens is 289 g/mol. The highest BCUT2D eigenvalue weighted by atomic mass is 35.5. The normalized spacial score (nSPS) is 18.1. The third-order valence-corrected chi connectivity index (χ3v) is 4.63. The highest BCUT2D eigenvalue weighted by molar-refractivity contribution is 6.31. The topological polar surface area (TPSA) is 18.5 Å². The van der Waals surface area contributed by atoms with Crippen LogP contribution in [-0.4, -0.2) is 55.1 Å². The molecule has 1 aliphatic rings. The van der Waals surface area contributed by atoms with Gasteiger partial charge in [-0.15, -0.1) is 0 Å². The Bertz CT molecular complexity index is 450. The van der Waals surface area contributed by atoms with Crippen molar-refractivity contribution in [2.24, 2.45) is 0 Å². The first-order valence-electron chi connectivity index (χ1n) is 7.47. The number of hydrogen-bond acceptors (Lipinski definition) is 3. The molecule has 0 spiro atoms. The van der Waals surface area contributed by atoms with E-state index in [1.807, 2.05) is 0 Å². The fraction of sp³-hybridized carbons (Fsp3) is 0.625. The summed E-state index contributed by atoms with van der Waals surface area (Å²) in [6.07, 6.45) is 0. The molecule has 1 aromatic rings. The van der Waals surface area contributed by atoms with E-state index >= 15 is 0 Å². The zero-order valence-corrected chi connectivity index (χ0v) is 13.9. The third kappa shape index (κ3) is 4.39. The van der Waals surface area contributed by atoms with Crippen molar-refractivity contribution in [1.29, 1.82) is 0 Å². The molecule has 0 saturated carbocycles. The smallest absolute Gasteiger partial charge is 0.129 e. The minimum absolute atomic E-state index is 0.0546. The Morgan fingerprint density at radius 2 is 1.90 bits per heavy atom. The van der Waals surface area contributed by atoms with Gasteiger partial charge in [-0.3, -0.25) is 4.90 Å². The third-order valence-electron chi connectivity index (χ3n) is 4.28. The summed E-state index contributed by atoms with van der Waals surface area (Å²) in [7, 11) is 2.16. The SMILES string of the molecule is CN1CCN(C(C)(C)CNCc2c(F)cccc2Cl)CC1. The highest BCUT2D eigenvalue weighted by Crippen LogP contribution is 2.20. The lowest BCUT2D eigenvalue weighted by atomic mass is 10.0. The molecule has 1 N–H and O–H groups in total. The summed E-state index contributed by atoms with van der Waals surface area (Å²) in [5, 5.41) is 3.84. The number of hydrogen-bond donors (Lipinski definition) is 1. The summed E-state index contributed by atoms with van der Waals surface area (Å²) in [6.45, 7) is 10.1. The van der Waals surface area contributed by atoms with E-state index in [-0.39, 0.29) is 11.4 Å². The van der Waals surface area contributed by atoms with Crippen LogP contribution < -0.4 is 5.32 Å². The molecule has 0 radical (unpaired) electrons. The van der Waals surface area contributed by atoms with Gasteiger partial charge >= 0.3 is 0 Å². The van der Waals surface area contributed by atoms with Crippen LogP contribution in [0.15, 0.2) is 18.2 Å². The molecule has 118 valence electrons. The predicted octanol–water partition coefficient (Wildman–Crippen LogP) is 2.59. The van der Waals surface area contributed by atoms with Crippen molar-refractivity contribution in [2.45, 2.75) is 25.9 Å². The molecule has 1 fully saturated rings. The largest absolute Gasteiger partial charge is 0.311 e. The number of halogens is 2. The number of benzene rings is 1.